The lowest BCUT2D eigenvalue weighted by Gasteiger charge is -2.10. The van der Waals surface area contributed by atoms with Crippen LogP contribution in [0.2, 0.25) is 0 Å². The van der Waals surface area contributed by atoms with E-state index in [-0.39, 0.29) is 17.9 Å². The van der Waals surface area contributed by atoms with Crippen molar-refractivity contribution in [3.63, 3.8) is 0 Å². The zero-order valence-electron chi connectivity index (χ0n) is 13.3. The molecule has 0 bridgehead atoms. The lowest BCUT2D eigenvalue weighted by atomic mass is 10.1. The summed E-state index contributed by atoms with van der Waals surface area (Å²) >= 11 is 3.25. The molecule has 3 aromatic rings. The highest BCUT2D eigenvalue weighted by atomic mass is 79.9. The van der Waals surface area contributed by atoms with E-state index in [0.717, 1.165) is 0 Å². The Morgan fingerprint density at radius 3 is 2.80 bits per heavy atom. The van der Waals surface area contributed by atoms with Gasteiger partial charge in [-0.2, -0.15) is 0 Å². The fraction of sp³-hybridized carbons (Fsp3) is 0.111. The number of nitrogens with zero attached hydrogens (tertiary/aromatic N) is 2. The zero-order valence-corrected chi connectivity index (χ0v) is 14.9. The summed E-state index contributed by atoms with van der Waals surface area (Å²) in [5.74, 6) is -0.269. The summed E-state index contributed by atoms with van der Waals surface area (Å²) in [7, 11) is 0. The number of phenols is 1. The van der Waals surface area contributed by atoms with Gasteiger partial charge in [-0.05, 0) is 42.8 Å². The van der Waals surface area contributed by atoms with Crippen LogP contribution in [0.3, 0.4) is 0 Å². The number of phenolic OH excluding ortho intramolecular Hbond substituents is 1. The van der Waals surface area contributed by atoms with E-state index in [9.17, 15) is 14.3 Å². The highest BCUT2D eigenvalue weighted by Crippen LogP contribution is 2.22. The first-order valence-corrected chi connectivity index (χ1v) is 8.30. The number of halogens is 2. The Kier molecular flexibility index (Phi) is 4.85. The molecule has 0 aliphatic rings. The van der Waals surface area contributed by atoms with Crippen molar-refractivity contribution in [1.29, 1.82) is 0 Å². The van der Waals surface area contributed by atoms with Crippen molar-refractivity contribution in [1.82, 2.24) is 14.9 Å². The fourth-order valence-electron chi connectivity index (χ4n) is 2.46. The van der Waals surface area contributed by atoms with Gasteiger partial charge in [0.25, 0.3) is 5.91 Å². The Hall–Kier alpha value is -2.67. The molecule has 0 saturated carbocycles. The van der Waals surface area contributed by atoms with Crippen LogP contribution in [-0.2, 0) is 6.54 Å². The molecular weight excluding hydrogens is 389 g/mol. The van der Waals surface area contributed by atoms with Crippen LogP contribution in [0.5, 0.6) is 5.75 Å². The molecule has 2 aromatic carbocycles. The molecule has 0 aliphatic heterocycles. The fourth-order valence-corrected chi connectivity index (χ4v) is 2.82. The SMILES string of the molecule is Cc1nccn1-c1ccc(CNC(=O)c2cc(Br)ccc2O)cc1F. The van der Waals surface area contributed by atoms with Gasteiger partial charge in [0, 0.05) is 23.4 Å². The summed E-state index contributed by atoms with van der Waals surface area (Å²) in [5, 5.41) is 12.4. The van der Waals surface area contributed by atoms with Crippen LogP contribution in [0, 0.1) is 12.7 Å². The van der Waals surface area contributed by atoms with Crippen LogP contribution in [-0.4, -0.2) is 20.6 Å². The van der Waals surface area contributed by atoms with Crippen molar-refractivity contribution < 1.29 is 14.3 Å². The summed E-state index contributed by atoms with van der Waals surface area (Å²) < 4.78 is 16.7. The molecule has 5 nitrogen and oxygen atoms in total. The number of imidazole rings is 1. The van der Waals surface area contributed by atoms with Gasteiger partial charge in [0.2, 0.25) is 0 Å². The second kappa shape index (κ2) is 7.06. The first-order valence-electron chi connectivity index (χ1n) is 7.51. The quantitative estimate of drug-likeness (QED) is 0.697. The summed E-state index contributed by atoms with van der Waals surface area (Å²) in [5.41, 5.74) is 1.16. The van der Waals surface area contributed by atoms with E-state index >= 15 is 0 Å². The van der Waals surface area contributed by atoms with E-state index in [1.165, 1.54) is 18.2 Å². The second-order valence-corrected chi connectivity index (χ2v) is 6.39. The second-order valence-electron chi connectivity index (χ2n) is 5.47. The molecule has 128 valence electrons. The molecular formula is C18H15BrFN3O2. The van der Waals surface area contributed by atoms with E-state index < -0.39 is 11.7 Å². The number of aryl methyl sites for hydroxylation is 1. The third-order valence-corrected chi connectivity index (χ3v) is 4.25. The Bertz CT molecular complexity index is 940. The van der Waals surface area contributed by atoms with E-state index in [1.54, 1.807) is 42.1 Å². The number of benzene rings is 2. The number of nitrogens with one attached hydrogen (secondary N) is 1. The van der Waals surface area contributed by atoms with E-state index in [0.29, 0.717) is 21.5 Å². The predicted octanol–water partition coefficient (Wildman–Crippen LogP) is 3.72. The molecule has 0 spiro atoms. The van der Waals surface area contributed by atoms with Crippen molar-refractivity contribution >= 4 is 21.8 Å². The molecule has 25 heavy (non-hydrogen) atoms. The highest BCUT2D eigenvalue weighted by molar-refractivity contribution is 9.10. The largest absolute Gasteiger partial charge is 0.507 e. The topological polar surface area (TPSA) is 67.2 Å². The lowest BCUT2D eigenvalue weighted by molar-refractivity contribution is 0.0948. The number of rotatable bonds is 4. The molecule has 7 heteroatoms. The Morgan fingerprint density at radius 1 is 1.32 bits per heavy atom. The molecule has 0 atom stereocenters. The Morgan fingerprint density at radius 2 is 2.12 bits per heavy atom. The maximum Gasteiger partial charge on any atom is 0.255 e. The minimum atomic E-state index is -0.436. The molecule has 1 heterocycles. The molecule has 3 rings (SSSR count). The van der Waals surface area contributed by atoms with Crippen LogP contribution < -0.4 is 5.32 Å². The normalized spacial score (nSPS) is 10.7. The first-order chi connectivity index (χ1) is 12.0. The van der Waals surface area contributed by atoms with Gasteiger partial charge in [-0.15, -0.1) is 0 Å². The van der Waals surface area contributed by atoms with E-state index in [2.05, 4.69) is 26.2 Å². The summed E-state index contributed by atoms with van der Waals surface area (Å²) in [6.07, 6.45) is 3.29. The third-order valence-electron chi connectivity index (χ3n) is 3.75. The van der Waals surface area contributed by atoms with Gasteiger partial charge in [0.05, 0.1) is 11.3 Å². The molecule has 0 fully saturated rings. The molecule has 1 amide bonds. The lowest BCUT2D eigenvalue weighted by Crippen LogP contribution is -2.23. The van der Waals surface area contributed by atoms with Gasteiger partial charge in [-0.1, -0.05) is 22.0 Å². The minimum Gasteiger partial charge on any atom is -0.507 e. The van der Waals surface area contributed by atoms with Crippen molar-refractivity contribution in [2.24, 2.45) is 0 Å². The van der Waals surface area contributed by atoms with Gasteiger partial charge < -0.3 is 15.0 Å². The predicted molar refractivity (Wildman–Crippen MR) is 95.2 cm³/mol. The Labute approximate surface area is 152 Å². The zero-order chi connectivity index (χ0) is 18.0. The van der Waals surface area contributed by atoms with Gasteiger partial charge in [-0.25, -0.2) is 9.37 Å². The third kappa shape index (κ3) is 3.71. The average molecular weight is 404 g/mol. The molecule has 0 radical (unpaired) electrons. The number of aromatic nitrogens is 2. The first kappa shape index (κ1) is 17.2. The number of hydrogen-bond donors (Lipinski definition) is 2. The summed E-state index contributed by atoms with van der Waals surface area (Å²) in [6, 6.07) is 9.34. The molecule has 0 aliphatic carbocycles. The van der Waals surface area contributed by atoms with Crippen LogP contribution in [0.25, 0.3) is 5.69 Å². The molecule has 1 aromatic heterocycles. The van der Waals surface area contributed by atoms with Crippen molar-refractivity contribution in [2.75, 3.05) is 0 Å². The van der Waals surface area contributed by atoms with Crippen LogP contribution >= 0.6 is 15.9 Å². The van der Waals surface area contributed by atoms with Gasteiger partial charge in [-0.3, -0.25) is 4.79 Å². The monoisotopic (exact) mass is 403 g/mol. The number of aromatic hydroxyl groups is 1. The van der Waals surface area contributed by atoms with E-state index in [4.69, 9.17) is 0 Å². The minimum absolute atomic E-state index is 0.113. The van der Waals surface area contributed by atoms with Gasteiger partial charge >= 0.3 is 0 Å². The van der Waals surface area contributed by atoms with Gasteiger partial charge in [0.15, 0.2) is 0 Å². The Balaban J connectivity index is 1.74. The van der Waals surface area contributed by atoms with Gasteiger partial charge in [0.1, 0.15) is 17.4 Å². The van der Waals surface area contributed by atoms with Crippen LogP contribution in [0.15, 0.2) is 53.3 Å². The molecule has 0 saturated heterocycles. The smallest absolute Gasteiger partial charge is 0.255 e. The maximum atomic E-state index is 14.4. The van der Waals surface area contributed by atoms with E-state index in [1.807, 2.05) is 0 Å². The average Bonchev–Trinajstić information content (AvgIpc) is 3.01. The van der Waals surface area contributed by atoms with Crippen LogP contribution in [0.1, 0.15) is 21.7 Å². The molecule has 0 unspecified atom stereocenters. The number of amides is 1. The number of carbonyl (C=O) groups excluding carboxylic acids is 1. The number of hydrogen-bond acceptors (Lipinski definition) is 3. The maximum absolute atomic E-state index is 14.4. The highest BCUT2D eigenvalue weighted by Gasteiger charge is 2.12. The van der Waals surface area contributed by atoms with Crippen LogP contribution in [0.4, 0.5) is 4.39 Å². The van der Waals surface area contributed by atoms with Crippen molar-refractivity contribution in [2.45, 2.75) is 13.5 Å². The molecule has 2 N–H and O–H groups in total. The standard InChI is InChI=1S/C18H15BrFN3O2/c1-11-21-6-7-23(11)16-4-2-12(8-15(16)20)10-22-18(25)14-9-13(19)3-5-17(14)24/h2-9,24H,10H2,1H3,(H,22,25). The summed E-state index contributed by atoms with van der Waals surface area (Å²) in [4.78, 5) is 16.3. The summed E-state index contributed by atoms with van der Waals surface area (Å²) in [6.45, 7) is 1.93. The number of carbonyl (C=O) groups is 1. The van der Waals surface area contributed by atoms with Crippen molar-refractivity contribution in [3.05, 3.63) is 76.0 Å². The van der Waals surface area contributed by atoms with Crippen molar-refractivity contribution in [3.8, 4) is 11.4 Å².